The van der Waals surface area contributed by atoms with Crippen molar-refractivity contribution in [1.29, 1.82) is 0 Å². The molecule has 1 aromatic rings. The SMILES string of the molecule is CNC(=O)c1cc(S(=O)(=O)N2C[C@H]3C[C@H](O)[C@H](O)C[C@H]3C2)ccc1OC. The van der Waals surface area contributed by atoms with Gasteiger partial charge in [0, 0.05) is 20.1 Å². The number of carbonyl (C=O) groups excluding carboxylic acids is 1. The van der Waals surface area contributed by atoms with Crippen LogP contribution in [0.4, 0.5) is 0 Å². The van der Waals surface area contributed by atoms with Gasteiger partial charge in [0.1, 0.15) is 5.75 Å². The smallest absolute Gasteiger partial charge is 0.254 e. The summed E-state index contributed by atoms with van der Waals surface area (Å²) in [7, 11) is -0.909. The molecule has 1 saturated carbocycles. The first-order chi connectivity index (χ1) is 12.3. The standard InChI is InChI=1S/C17H24N2O6S/c1-18-17(22)13-7-12(3-4-16(13)25-2)26(23,24)19-8-10-5-14(20)15(21)6-11(10)9-19/h3-4,7,10-11,14-15,20-21H,5-6,8-9H2,1-2H3,(H,18,22)/t10-,11+,14+,15-. The van der Waals surface area contributed by atoms with Crippen molar-refractivity contribution >= 4 is 15.9 Å². The van der Waals surface area contributed by atoms with Crippen molar-refractivity contribution < 1.29 is 28.2 Å². The highest BCUT2D eigenvalue weighted by Crippen LogP contribution is 2.39. The summed E-state index contributed by atoms with van der Waals surface area (Å²) in [4.78, 5) is 12.0. The number of hydrogen-bond acceptors (Lipinski definition) is 6. The molecule has 0 unspecified atom stereocenters. The number of amides is 1. The van der Waals surface area contributed by atoms with Crippen molar-refractivity contribution in [3.8, 4) is 5.75 Å². The average Bonchev–Trinajstić information content (AvgIpc) is 3.04. The van der Waals surface area contributed by atoms with Gasteiger partial charge in [-0.3, -0.25) is 4.79 Å². The molecule has 1 heterocycles. The summed E-state index contributed by atoms with van der Waals surface area (Å²) < 4.78 is 32.6. The van der Waals surface area contributed by atoms with E-state index in [1.807, 2.05) is 0 Å². The van der Waals surface area contributed by atoms with E-state index in [2.05, 4.69) is 5.32 Å². The molecule has 1 aliphatic carbocycles. The van der Waals surface area contributed by atoms with E-state index in [1.165, 1.54) is 36.7 Å². The molecular weight excluding hydrogens is 360 g/mol. The molecule has 26 heavy (non-hydrogen) atoms. The molecule has 3 rings (SSSR count). The maximum absolute atomic E-state index is 13.0. The number of nitrogens with one attached hydrogen (secondary N) is 1. The Labute approximate surface area is 152 Å². The number of aliphatic hydroxyl groups is 2. The molecular formula is C17H24N2O6S. The van der Waals surface area contributed by atoms with Gasteiger partial charge in [-0.05, 0) is 42.9 Å². The monoisotopic (exact) mass is 384 g/mol. The van der Waals surface area contributed by atoms with E-state index in [-0.39, 0.29) is 22.3 Å². The van der Waals surface area contributed by atoms with Gasteiger partial charge in [-0.25, -0.2) is 8.42 Å². The van der Waals surface area contributed by atoms with Crippen molar-refractivity contribution in [3.63, 3.8) is 0 Å². The molecule has 4 atom stereocenters. The summed E-state index contributed by atoms with van der Waals surface area (Å²) in [5.41, 5.74) is 0.151. The Balaban J connectivity index is 1.88. The Morgan fingerprint density at radius 1 is 1.19 bits per heavy atom. The number of ether oxygens (including phenoxy) is 1. The molecule has 8 nitrogen and oxygen atoms in total. The lowest BCUT2D eigenvalue weighted by Gasteiger charge is -2.31. The molecule has 9 heteroatoms. The first-order valence-corrected chi connectivity index (χ1v) is 9.98. The van der Waals surface area contributed by atoms with E-state index in [4.69, 9.17) is 4.74 Å². The van der Waals surface area contributed by atoms with Gasteiger partial charge in [0.25, 0.3) is 5.91 Å². The lowest BCUT2D eigenvalue weighted by atomic mass is 9.79. The van der Waals surface area contributed by atoms with Crippen LogP contribution in [0.15, 0.2) is 23.1 Å². The minimum Gasteiger partial charge on any atom is -0.496 e. The predicted molar refractivity (Wildman–Crippen MR) is 93.4 cm³/mol. The number of hydrogen-bond donors (Lipinski definition) is 3. The fraction of sp³-hybridized carbons (Fsp3) is 0.588. The van der Waals surface area contributed by atoms with Crippen LogP contribution in [-0.4, -0.2) is 68.3 Å². The number of aliphatic hydroxyl groups excluding tert-OH is 2. The third-order valence-electron chi connectivity index (χ3n) is 5.36. The van der Waals surface area contributed by atoms with Crippen molar-refractivity contribution in [2.75, 3.05) is 27.2 Å². The molecule has 3 N–H and O–H groups in total. The van der Waals surface area contributed by atoms with Gasteiger partial charge in [0.15, 0.2) is 0 Å². The highest BCUT2D eigenvalue weighted by Gasteiger charge is 2.44. The van der Waals surface area contributed by atoms with E-state index in [0.717, 1.165) is 0 Å². The summed E-state index contributed by atoms with van der Waals surface area (Å²) >= 11 is 0. The summed E-state index contributed by atoms with van der Waals surface area (Å²) in [6, 6.07) is 4.21. The van der Waals surface area contributed by atoms with Gasteiger partial charge in [-0.2, -0.15) is 4.31 Å². The van der Waals surface area contributed by atoms with Gasteiger partial charge in [0.2, 0.25) is 10.0 Å². The van der Waals surface area contributed by atoms with Crippen molar-refractivity contribution in [1.82, 2.24) is 9.62 Å². The second kappa shape index (κ2) is 7.15. The second-order valence-electron chi connectivity index (χ2n) is 6.89. The molecule has 0 radical (unpaired) electrons. The predicted octanol–water partition coefficient (Wildman–Crippen LogP) is -0.193. The maximum atomic E-state index is 13.0. The number of rotatable bonds is 4. The Kier molecular flexibility index (Phi) is 5.25. The molecule has 2 fully saturated rings. The molecule has 144 valence electrons. The zero-order chi connectivity index (χ0) is 19.1. The van der Waals surface area contributed by atoms with Gasteiger partial charge in [0.05, 0.1) is 29.8 Å². The van der Waals surface area contributed by atoms with Crippen molar-refractivity contribution in [2.24, 2.45) is 11.8 Å². The topological polar surface area (TPSA) is 116 Å². The Hall–Kier alpha value is -1.68. The summed E-state index contributed by atoms with van der Waals surface area (Å²) in [6.07, 6.45) is -0.826. The van der Waals surface area contributed by atoms with Crippen LogP contribution in [0.1, 0.15) is 23.2 Å². The third kappa shape index (κ3) is 3.32. The quantitative estimate of drug-likeness (QED) is 0.662. The first kappa shape index (κ1) is 19.1. The Morgan fingerprint density at radius 3 is 2.27 bits per heavy atom. The molecule has 1 amide bonds. The van der Waals surface area contributed by atoms with Crippen molar-refractivity contribution in [2.45, 2.75) is 29.9 Å². The highest BCUT2D eigenvalue weighted by molar-refractivity contribution is 7.89. The van der Waals surface area contributed by atoms with Crippen LogP contribution in [0.5, 0.6) is 5.75 Å². The molecule has 2 aliphatic rings. The lowest BCUT2D eigenvalue weighted by Crippen LogP contribution is -2.38. The highest BCUT2D eigenvalue weighted by atomic mass is 32.2. The fourth-order valence-electron chi connectivity index (χ4n) is 3.87. The number of carbonyl (C=O) groups is 1. The zero-order valence-corrected chi connectivity index (χ0v) is 15.6. The number of nitrogens with zero attached hydrogens (tertiary/aromatic N) is 1. The van der Waals surface area contributed by atoms with E-state index >= 15 is 0 Å². The minimum absolute atomic E-state index is 0.0247. The van der Waals surface area contributed by atoms with E-state index < -0.39 is 28.1 Å². The van der Waals surface area contributed by atoms with Gasteiger partial charge in [-0.15, -0.1) is 0 Å². The van der Waals surface area contributed by atoms with Crippen LogP contribution in [0.25, 0.3) is 0 Å². The average molecular weight is 384 g/mol. The Bertz CT molecular complexity index is 778. The van der Waals surface area contributed by atoms with Gasteiger partial charge in [-0.1, -0.05) is 0 Å². The number of methoxy groups -OCH3 is 1. The van der Waals surface area contributed by atoms with Crippen LogP contribution in [0, 0.1) is 11.8 Å². The van der Waals surface area contributed by atoms with E-state index in [1.54, 1.807) is 0 Å². The summed E-state index contributed by atoms with van der Waals surface area (Å²) in [5, 5.41) is 22.1. The largest absolute Gasteiger partial charge is 0.496 e. The maximum Gasteiger partial charge on any atom is 0.254 e. The fourth-order valence-corrected chi connectivity index (χ4v) is 5.45. The summed E-state index contributed by atoms with van der Waals surface area (Å²) in [6.45, 7) is 0.607. The van der Waals surface area contributed by atoms with Gasteiger partial charge < -0.3 is 20.3 Å². The molecule has 1 saturated heterocycles. The number of benzene rings is 1. The molecule has 0 spiro atoms. The summed E-state index contributed by atoms with van der Waals surface area (Å²) in [5.74, 6) is -0.0791. The van der Waals surface area contributed by atoms with E-state index in [0.29, 0.717) is 31.7 Å². The lowest BCUT2D eigenvalue weighted by molar-refractivity contribution is -0.0372. The number of fused-ring (bicyclic) bond motifs is 1. The normalized spacial score (nSPS) is 29.2. The zero-order valence-electron chi connectivity index (χ0n) is 14.8. The third-order valence-corrected chi connectivity index (χ3v) is 7.18. The van der Waals surface area contributed by atoms with Gasteiger partial charge >= 0.3 is 0 Å². The van der Waals surface area contributed by atoms with Crippen LogP contribution < -0.4 is 10.1 Å². The van der Waals surface area contributed by atoms with E-state index in [9.17, 15) is 23.4 Å². The molecule has 1 aliphatic heterocycles. The number of sulfonamides is 1. The van der Waals surface area contributed by atoms with Crippen LogP contribution in [0.2, 0.25) is 0 Å². The second-order valence-corrected chi connectivity index (χ2v) is 8.83. The van der Waals surface area contributed by atoms with Crippen LogP contribution >= 0.6 is 0 Å². The molecule has 0 bridgehead atoms. The first-order valence-electron chi connectivity index (χ1n) is 8.54. The van der Waals surface area contributed by atoms with Crippen LogP contribution in [-0.2, 0) is 10.0 Å². The van der Waals surface area contributed by atoms with Crippen LogP contribution in [0.3, 0.4) is 0 Å². The minimum atomic E-state index is -3.79. The molecule has 1 aromatic carbocycles. The molecule has 0 aromatic heterocycles. The van der Waals surface area contributed by atoms with Crippen molar-refractivity contribution in [3.05, 3.63) is 23.8 Å². The Morgan fingerprint density at radius 2 is 1.77 bits per heavy atom.